The summed E-state index contributed by atoms with van der Waals surface area (Å²) in [6.45, 7) is 1.80. The van der Waals surface area contributed by atoms with Crippen LogP contribution in [0.2, 0.25) is 0 Å². The Balaban J connectivity index is 1.53. The van der Waals surface area contributed by atoms with Crippen molar-refractivity contribution in [3.05, 3.63) is 36.4 Å². The molecule has 0 saturated carbocycles. The average Bonchev–Trinajstić information content (AvgIpc) is 3.28. The molecule has 1 spiro atoms. The third-order valence-electron chi connectivity index (χ3n) is 5.42. The summed E-state index contributed by atoms with van der Waals surface area (Å²) in [4.78, 5) is 37.6. The molecule has 0 N–H and O–H groups in total. The SMILES string of the molecule is COCCN1C[C@]23C=C[C@H](O2)[C@@H](C(=O)N(C)Cc2cnccn2)[C@@H]3C1=O. The monoisotopic (exact) mass is 358 g/mol. The number of aromatic nitrogens is 2. The number of amides is 2. The van der Waals surface area contributed by atoms with Crippen molar-refractivity contribution in [3.8, 4) is 0 Å². The minimum Gasteiger partial charge on any atom is -0.383 e. The molecule has 2 amide bonds. The lowest BCUT2D eigenvalue weighted by Crippen LogP contribution is -2.44. The lowest BCUT2D eigenvalue weighted by atomic mass is 9.76. The Kier molecular flexibility index (Phi) is 4.24. The number of carbonyl (C=O) groups excluding carboxylic acids is 2. The lowest BCUT2D eigenvalue weighted by Gasteiger charge is -2.27. The van der Waals surface area contributed by atoms with Gasteiger partial charge in [-0.1, -0.05) is 12.2 Å². The second-order valence-corrected chi connectivity index (χ2v) is 7.04. The number of hydrogen-bond donors (Lipinski definition) is 0. The van der Waals surface area contributed by atoms with Crippen molar-refractivity contribution in [3.63, 3.8) is 0 Å². The maximum absolute atomic E-state index is 13.1. The predicted molar refractivity (Wildman–Crippen MR) is 90.7 cm³/mol. The van der Waals surface area contributed by atoms with Crippen LogP contribution in [-0.4, -0.2) is 77.1 Å². The van der Waals surface area contributed by atoms with Gasteiger partial charge in [0.2, 0.25) is 11.8 Å². The first-order chi connectivity index (χ1) is 12.6. The number of ether oxygens (including phenoxy) is 2. The molecule has 3 aliphatic rings. The van der Waals surface area contributed by atoms with E-state index in [1.807, 2.05) is 12.2 Å². The molecule has 8 nitrogen and oxygen atoms in total. The first-order valence-corrected chi connectivity index (χ1v) is 8.70. The Labute approximate surface area is 151 Å². The Morgan fingerprint density at radius 2 is 2.35 bits per heavy atom. The highest BCUT2D eigenvalue weighted by atomic mass is 16.5. The Morgan fingerprint density at radius 1 is 1.50 bits per heavy atom. The molecule has 0 aliphatic carbocycles. The van der Waals surface area contributed by atoms with Crippen LogP contribution in [0.25, 0.3) is 0 Å². The minimum absolute atomic E-state index is 0.0276. The van der Waals surface area contributed by atoms with Gasteiger partial charge < -0.3 is 19.3 Å². The van der Waals surface area contributed by atoms with Gasteiger partial charge in [-0.05, 0) is 0 Å². The third-order valence-corrected chi connectivity index (χ3v) is 5.42. The predicted octanol–water partition coefficient (Wildman–Crippen LogP) is -0.137. The highest BCUT2D eigenvalue weighted by molar-refractivity contribution is 5.93. The standard InChI is InChI=1S/C18H22N4O4/c1-21(10-12-9-19-5-6-20-12)16(23)14-13-3-4-18(26-13)11-22(7-8-25-2)17(24)15(14)18/h3-6,9,13-15H,7-8,10-11H2,1-2H3/t13-,14+,15+,18-/m0/s1. The summed E-state index contributed by atoms with van der Waals surface area (Å²) in [5.74, 6) is -1.09. The van der Waals surface area contributed by atoms with Crippen LogP contribution in [-0.2, 0) is 25.6 Å². The van der Waals surface area contributed by atoms with Gasteiger partial charge in [-0.2, -0.15) is 0 Å². The zero-order valence-electron chi connectivity index (χ0n) is 14.9. The molecule has 1 aromatic heterocycles. The summed E-state index contributed by atoms with van der Waals surface area (Å²) in [7, 11) is 3.33. The normalized spacial score (nSPS) is 31.5. The van der Waals surface area contributed by atoms with E-state index in [0.717, 1.165) is 0 Å². The Bertz CT molecular complexity index is 740. The molecule has 0 unspecified atom stereocenters. The molecule has 2 bridgehead atoms. The zero-order valence-corrected chi connectivity index (χ0v) is 14.9. The van der Waals surface area contributed by atoms with Gasteiger partial charge in [-0.15, -0.1) is 0 Å². The van der Waals surface area contributed by atoms with E-state index in [0.29, 0.717) is 31.9 Å². The molecule has 4 heterocycles. The van der Waals surface area contributed by atoms with E-state index in [-0.39, 0.29) is 17.9 Å². The van der Waals surface area contributed by atoms with Crippen LogP contribution in [0.4, 0.5) is 0 Å². The second kappa shape index (κ2) is 6.44. The van der Waals surface area contributed by atoms with Crippen LogP contribution in [0.1, 0.15) is 5.69 Å². The summed E-state index contributed by atoms with van der Waals surface area (Å²) in [6.07, 6.45) is 8.36. The maximum Gasteiger partial charge on any atom is 0.230 e. The topological polar surface area (TPSA) is 84.9 Å². The number of likely N-dealkylation sites (tertiary alicyclic amines) is 1. The van der Waals surface area contributed by atoms with Gasteiger partial charge >= 0.3 is 0 Å². The number of carbonyl (C=O) groups is 2. The number of methoxy groups -OCH3 is 1. The zero-order chi connectivity index (χ0) is 18.3. The molecule has 3 aliphatic heterocycles. The molecular formula is C18H22N4O4. The van der Waals surface area contributed by atoms with Crippen LogP contribution in [0, 0.1) is 11.8 Å². The fraction of sp³-hybridized carbons (Fsp3) is 0.556. The smallest absolute Gasteiger partial charge is 0.230 e. The van der Waals surface area contributed by atoms with Crippen LogP contribution in [0.15, 0.2) is 30.7 Å². The van der Waals surface area contributed by atoms with Gasteiger partial charge in [0, 0.05) is 33.1 Å². The van der Waals surface area contributed by atoms with Crippen molar-refractivity contribution in [2.75, 3.05) is 33.9 Å². The summed E-state index contributed by atoms with van der Waals surface area (Å²) >= 11 is 0. The van der Waals surface area contributed by atoms with Gasteiger partial charge in [-0.3, -0.25) is 19.6 Å². The second-order valence-electron chi connectivity index (χ2n) is 7.04. The van der Waals surface area contributed by atoms with Crippen molar-refractivity contribution in [2.24, 2.45) is 11.8 Å². The fourth-order valence-corrected chi connectivity index (χ4v) is 4.24. The molecule has 4 rings (SSSR count). The van der Waals surface area contributed by atoms with Crippen LogP contribution in [0.3, 0.4) is 0 Å². The van der Waals surface area contributed by atoms with Crippen LogP contribution < -0.4 is 0 Å². The Hall–Kier alpha value is -2.32. The number of hydrogen-bond acceptors (Lipinski definition) is 6. The van der Waals surface area contributed by atoms with Gasteiger partial charge in [0.05, 0.1) is 49.5 Å². The van der Waals surface area contributed by atoms with E-state index in [2.05, 4.69) is 9.97 Å². The Morgan fingerprint density at radius 3 is 3.08 bits per heavy atom. The summed E-state index contributed by atoms with van der Waals surface area (Å²) < 4.78 is 11.2. The third kappa shape index (κ3) is 2.60. The molecule has 26 heavy (non-hydrogen) atoms. The molecule has 0 radical (unpaired) electrons. The highest BCUT2D eigenvalue weighted by Gasteiger charge is 2.66. The fourth-order valence-electron chi connectivity index (χ4n) is 4.24. The largest absolute Gasteiger partial charge is 0.383 e. The van der Waals surface area contributed by atoms with Gasteiger partial charge in [-0.25, -0.2) is 0 Å². The first kappa shape index (κ1) is 17.1. The van der Waals surface area contributed by atoms with E-state index >= 15 is 0 Å². The minimum atomic E-state index is -0.677. The van der Waals surface area contributed by atoms with E-state index in [4.69, 9.17) is 9.47 Å². The van der Waals surface area contributed by atoms with E-state index < -0.39 is 17.4 Å². The van der Waals surface area contributed by atoms with Crippen molar-refractivity contribution in [1.82, 2.24) is 19.8 Å². The van der Waals surface area contributed by atoms with Crippen molar-refractivity contribution in [1.29, 1.82) is 0 Å². The van der Waals surface area contributed by atoms with Crippen LogP contribution >= 0.6 is 0 Å². The van der Waals surface area contributed by atoms with Crippen molar-refractivity contribution in [2.45, 2.75) is 18.2 Å². The first-order valence-electron chi connectivity index (χ1n) is 8.70. The molecule has 2 fully saturated rings. The van der Waals surface area contributed by atoms with Gasteiger partial charge in [0.1, 0.15) is 5.60 Å². The number of nitrogens with zero attached hydrogens (tertiary/aromatic N) is 4. The summed E-state index contributed by atoms with van der Waals surface area (Å²) in [5.41, 5.74) is 0.0283. The van der Waals surface area contributed by atoms with E-state index in [9.17, 15) is 9.59 Å². The molecule has 2 saturated heterocycles. The molecule has 138 valence electrons. The van der Waals surface area contributed by atoms with Crippen LogP contribution in [0.5, 0.6) is 0 Å². The summed E-state index contributed by atoms with van der Waals surface area (Å²) in [5, 5.41) is 0. The molecule has 8 heteroatoms. The number of fused-ring (bicyclic) bond motifs is 1. The van der Waals surface area contributed by atoms with E-state index in [1.54, 1.807) is 42.5 Å². The lowest BCUT2D eigenvalue weighted by molar-refractivity contribution is -0.142. The van der Waals surface area contributed by atoms with Crippen molar-refractivity contribution >= 4 is 11.8 Å². The van der Waals surface area contributed by atoms with E-state index in [1.165, 1.54) is 0 Å². The molecule has 4 atom stereocenters. The molecule has 1 aromatic rings. The number of rotatable bonds is 6. The summed E-state index contributed by atoms with van der Waals surface area (Å²) in [6, 6.07) is 0. The molecule has 0 aromatic carbocycles. The van der Waals surface area contributed by atoms with Gasteiger partial charge in [0.25, 0.3) is 0 Å². The molecular weight excluding hydrogens is 336 g/mol. The van der Waals surface area contributed by atoms with Crippen molar-refractivity contribution < 1.29 is 19.1 Å². The quantitative estimate of drug-likeness (QED) is 0.659. The highest BCUT2D eigenvalue weighted by Crippen LogP contribution is 2.52. The average molecular weight is 358 g/mol. The maximum atomic E-state index is 13.1. The van der Waals surface area contributed by atoms with Gasteiger partial charge in [0.15, 0.2) is 0 Å².